The summed E-state index contributed by atoms with van der Waals surface area (Å²) < 4.78 is 4.29. The predicted octanol–water partition coefficient (Wildman–Crippen LogP) is 4.54. The summed E-state index contributed by atoms with van der Waals surface area (Å²) in [7, 11) is 0. The molecule has 2 aromatic heterocycles. The lowest BCUT2D eigenvalue weighted by atomic mass is 10.1. The number of fused-ring (bicyclic) bond motifs is 1. The van der Waals surface area contributed by atoms with E-state index in [1.807, 2.05) is 83.8 Å². The predicted molar refractivity (Wildman–Crippen MR) is 110 cm³/mol. The van der Waals surface area contributed by atoms with Crippen LogP contribution in [-0.4, -0.2) is 20.0 Å². The monoisotopic (exact) mass is 368 g/mol. The quantitative estimate of drug-likeness (QED) is 0.575. The highest BCUT2D eigenvalue weighted by Crippen LogP contribution is 2.26. The lowest BCUT2D eigenvalue weighted by Gasteiger charge is -2.09. The van der Waals surface area contributed by atoms with Gasteiger partial charge in [-0.1, -0.05) is 12.1 Å². The maximum atomic E-state index is 12.5. The van der Waals surface area contributed by atoms with Crippen LogP contribution in [0.4, 0.5) is 5.69 Å². The van der Waals surface area contributed by atoms with E-state index in [9.17, 15) is 4.79 Å². The van der Waals surface area contributed by atoms with Crippen LogP contribution in [0.25, 0.3) is 16.9 Å². The fourth-order valence-electron chi connectivity index (χ4n) is 3.71. The maximum Gasteiger partial charge on any atom is 0.255 e. The van der Waals surface area contributed by atoms with Gasteiger partial charge in [-0.05, 0) is 60.5 Å². The summed E-state index contributed by atoms with van der Waals surface area (Å²) in [5.41, 5.74) is 4.71. The molecule has 1 amide bonds. The van der Waals surface area contributed by atoms with E-state index >= 15 is 0 Å². The topological polar surface area (TPSA) is 51.9 Å². The molecule has 0 saturated heterocycles. The molecule has 1 aliphatic rings. The normalized spacial score (nSPS) is 12.7. The Morgan fingerprint density at radius 2 is 1.71 bits per heavy atom. The van der Waals surface area contributed by atoms with Gasteiger partial charge in [0.25, 0.3) is 5.91 Å². The summed E-state index contributed by atoms with van der Waals surface area (Å²) in [6, 6.07) is 19.5. The highest BCUT2D eigenvalue weighted by molar-refractivity contribution is 6.04. The van der Waals surface area contributed by atoms with Crippen LogP contribution in [0.15, 0.2) is 79.3 Å². The van der Waals surface area contributed by atoms with Gasteiger partial charge in [0.05, 0.1) is 11.9 Å². The zero-order valence-electron chi connectivity index (χ0n) is 15.4. The summed E-state index contributed by atoms with van der Waals surface area (Å²) in [5, 5.41) is 2.97. The molecule has 3 heterocycles. The molecular weight excluding hydrogens is 348 g/mol. The van der Waals surface area contributed by atoms with Gasteiger partial charge in [-0.3, -0.25) is 4.79 Å². The summed E-state index contributed by atoms with van der Waals surface area (Å²) in [5.74, 6) is 1.05. The van der Waals surface area contributed by atoms with Gasteiger partial charge in [0.15, 0.2) is 0 Å². The number of amides is 1. The van der Waals surface area contributed by atoms with E-state index in [-0.39, 0.29) is 5.91 Å². The van der Waals surface area contributed by atoms with Crippen molar-refractivity contribution >= 4 is 11.6 Å². The van der Waals surface area contributed by atoms with Crippen LogP contribution >= 0.6 is 0 Å². The van der Waals surface area contributed by atoms with Gasteiger partial charge >= 0.3 is 0 Å². The van der Waals surface area contributed by atoms with Crippen LogP contribution < -0.4 is 5.32 Å². The Hall–Kier alpha value is -3.60. The third-order valence-electron chi connectivity index (χ3n) is 5.19. The molecule has 5 rings (SSSR count). The lowest BCUT2D eigenvalue weighted by molar-refractivity contribution is 0.102. The van der Waals surface area contributed by atoms with Gasteiger partial charge in [-0.15, -0.1) is 0 Å². The van der Waals surface area contributed by atoms with Crippen LogP contribution in [0.2, 0.25) is 0 Å². The number of nitrogens with zero attached hydrogens (tertiary/aromatic N) is 3. The van der Waals surface area contributed by atoms with E-state index in [4.69, 9.17) is 0 Å². The molecule has 138 valence electrons. The summed E-state index contributed by atoms with van der Waals surface area (Å²) in [4.78, 5) is 17.0. The van der Waals surface area contributed by atoms with Crippen LogP contribution in [0.1, 0.15) is 22.6 Å². The first-order valence-electron chi connectivity index (χ1n) is 9.47. The third-order valence-corrected chi connectivity index (χ3v) is 5.19. The third kappa shape index (κ3) is 3.01. The second kappa shape index (κ2) is 6.85. The SMILES string of the molecule is O=C(Nc1ccc(-c2cnc3n2CCC3)cc1)c1ccc(-n2cccc2)cc1. The number of benzene rings is 2. The van der Waals surface area contributed by atoms with Crippen molar-refractivity contribution in [2.24, 2.45) is 0 Å². The number of rotatable bonds is 4. The molecule has 0 bridgehead atoms. The van der Waals surface area contributed by atoms with Crippen molar-refractivity contribution < 1.29 is 4.79 Å². The molecule has 0 spiro atoms. The summed E-state index contributed by atoms with van der Waals surface area (Å²) in [6.07, 6.45) is 8.11. The van der Waals surface area contributed by atoms with Crippen molar-refractivity contribution in [3.63, 3.8) is 0 Å². The molecule has 0 radical (unpaired) electrons. The zero-order valence-corrected chi connectivity index (χ0v) is 15.4. The van der Waals surface area contributed by atoms with Crippen molar-refractivity contribution in [1.29, 1.82) is 0 Å². The molecule has 28 heavy (non-hydrogen) atoms. The largest absolute Gasteiger partial charge is 0.328 e. The van der Waals surface area contributed by atoms with Crippen molar-refractivity contribution in [3.8, 4) is 16.9 Å². The minimum atomic E-state index is -0.114. The first-order valence-corrected chi connectivity index (χ1v) is 9.47. The molecular formula is C23H20N4O. The minimum absolute atomic E-state index is 0.114. The van der Waals surface area contributed by atoms with Gasteiger partial charge in [-0.25, -0.2) is 4.98 Å². The standard InChI is InChI=1S/C23H20N4O/c28-23(18-7-11-20(12-8-18)26-13-1-2-14-26)25-19-9-5-17(6-10-19)21-16-24-22-4-3-15-27(21)22/h1-2,5-14,16H,3-4,15H2,(H,25,28). The van der Waals surface area contributed by atoms with Crippen LogP contribution in [0.3, 0.4) is 0 Å². The van der Waals surface area contributed by atoms with Crippen molar-refractivity contribution in [3.05, 3.63) is 90.6 Å². The highest BCUT2D eigenvalue weighted by Gasteiger charge is 2.16. The number of imidazole rings is 1. The Morgan fingerprint density at radius 3 is 2.46 bits per heavy atom. The molecule has 0 aliphatic carbocycles. The molecule has 1 N–H and O–H groups in total. The average Bonchev–Trinajstić information content (AvgIpc) is 3.47. The van der Waals surface area contributed by atoms with Gasteiger partial charge in [0, 0.05) is 42.3 Å². The Balaban J connectivity index is 1.30. The number of nitrogens with one attached hydrogen (secondary N) is 1. The van der Waals surface area contributed by atoms with Gasteiger partial charge in [-0.2, -0.15) is 0 Å². The Labute approximate surface area is 163 Å². The number of hydrogen-bond donors (Lipinski definition) is 1. The number of hydrogen-bond acceptors (Lipinski definition) is 2. The van der Waals surface area contributed by atoms with Crippen molar-refractivity contribution in [1.82, 2.24) is 14.1 Å². The fourth-order valence-corrected chi connectivity index (χ4v) is 3.71. The van der Waals surface area contributed by atoms with Crippen LogP contribution in [0.5, 0.6) is 0 Å². The fraction of sp³-hybridized carbons (Fsp3) is 0.130. The van der Waals surface area contributed by atoms with Crippen molar-refractivity contribution in [2.45, 2.75) is 19.4 Å². The Morgan fingerprint density at radius 1 is 0.964 bits per heavy atom. The van der Waals surface area contributed by atoms with E-state index < -0.39 is 0 Å². The van der Waals surface area contributed by atoms with Crippen LogP contribution in [0, 0.1) is 0 Å². The minimum Gasteiger partial charge on any atom is -0.328 e. The van der Waals surface area contributed by atoms with Gasteiger partial charge < -0.3 is 14.5 Å². The molecule has 5 heteroatoms. The first-order chi connectivity index (χ1) is 13.8. The highest BCUT2D eigenvalue weighted by atomic mass is 16.1. The smallest absolute Gasteiger partial charge is 0.255 e. The number of carbonyl (C=O) groups excluding carboxylic acids is 1. The van der Waals surface area contributed by atoms with Crippen molar-refractivity contribution in [2.75, 3.05) is 5.32 Å². The molecule has 0 atom stereocenters. The number of aromatic nitrogens is 3. The molecule has 4 aromatic rings. The number of carbonyl (C=O) groups is 1. The van der Waals surface area contributed by atoms with E-state index in [1.165, 1.54) is 0 Å². The number of aryl methyl sites for hydroxylation is 1. The molecule has 0 saturated carbocycles. The number of anilines is 1. The molecule has 0 unspecified atom stereocenters. The first kappa shape index (κ1) is 16.6. The van der Waals surface area contributed by atoms with Gasteiger partial charge in [0.1, 0.15) is 5.82 Å². The summed E-state index contributed by atoms with van der Waals surface area (Å²) >= 11 is 0. The second-order valence-corrected chi connectivity index (χ2v) is 6.98. The van der Waals surface area contributed by atoms with E-state index in [0.717, 1.165) is 47.8 Å². The van der Waals surface area contributed by atoms with E-state index in [2.05, 4.69) is 14.9 Å². The molecule has 0 fully saturated rings. The second-order valence-electron chi connectivity index (χ2n) is 6.98. The average molecular weight is 368 g/mol. The zero-order chi connectivity index (χ0) is 18.9. The Bertz CT molecular complexity index is 1110. The van der Waals surface area contributed by atoms with E-state index in [1.54, 1.807) is 0 Å². The molecule has 1 aliphatic heterocycles. The maximum absolute atomic E-state index is 12.5. The molecule has 2 aromatic carbocycles. The van der Waals surface area contributed by atoms with Gasteiger partial charge in [0.2, 0.25) is 0 Å². The lowest BCUT2D eigenvalue weighted by Crippen LogP contribution is -2.11. The van der Waals surface area contributed by atoms with Crippen LogP contribution in [-0.2, 0) is 13.0 Å². The molecule has 5 nitrogen and oxygen atoms in total. The van der Waals surface area contributed by atoms with E-state index in [0.29, 0.717) is 5.56 Å². The Kier molecular flexibility index (Phi) is 4.05. The summed E-state index contributed by atoms with van der Waals surface area (Å²) in [6.45, 7) is 1.03.